The molecular weight excluding hydrogens is 662 g/mol. The van der Waals surface area contributed by atoms with Crippen LogP contribution in [0.1, 0.15) is 21.2 Å². The zero-order valence-electron chi connectivity index (χ0n) is 22.0. The Bertz CT molecular complexity index is 1970. The van der Waals surface area contributed by atoms with E-state index in [1.165, 1.54) is 52.3 Å². The van der Waals surface area contributed by atoms with Crippen LogP contribution in [0.25, 0.3) is 0 Å². The highest BCUT2D eigenvalue weighted by molar-refractivity contribution is 8.00. The number of alkyl halides is 3. The summed E-state index contributed by atoms with van der Waals surface area (Å²) in [6.07, 6.45) is -4.82. The van der Waals surface area contributed by atoms with Gasteiger partial charge in [0.25, 0.3) is 0 Å². The van der Waals surface area contributed by atoms with Crippen molar-refractivity contribution in [2.75, 3.05) is 10.2 Å². The third-order valence-corrected chi connectivity index (χ3v) is 11.6. The van der Waals surface area contributed by atoms with Crippen LogP contribution in [0.15, 0.2) is 80.8 Å². The molecule has 3 atom stereocenters. The van der Waals surface area contributed by atoms with Crippen molar-refractivity contribution in [1.29, 1.82) is 0 Å². The van der Waals surface area contributed by atoms with Crippen molar-refractivity contribution in [3.8, 4) is 0 Å². The second kappa shape index (κ2) is 11.0. The molecule has 3 amide bonds. The Balaban J connectivity index is 1.36. The number of imide groups is 1. The highest BCUT2D eigenvalue weighted by Crippen LogP contribution is 2.55. The van der Waals surface area contributed by atoms with Crippen molar-refractivity contribution in [1.82, 2.24) is 4.57 Å². The number of para-hydroxylation sites is 1. The van der Waals surface area contributed by atoms with Gasteiger partial charge in [0, 0.05) is 21.4 Å². The number of thiophene rings is 1. The number of carbonyl (C=O) groups excluding carboxylic acids is 3. The number of halogens is 3. The minimum atomic E-state index is -4.82. The first-order valence-corrected chi connectivity index (χ1v) is 16.8. The number of nitrogens with one attached hydrogen (secondary N) is 1. The van der Waals surface area contributed by atoms with Crippen LogP contribution in [0.2, 0.25) is 0 Å². The average Bonchev–Trinajstić information content (AvgIpc) is 3.65. The van der Waals surface area contributed by atoms with Gasteiger partial charge in [-0.05, 0) is 47.8 Å². The number of hydrogen-bond acceptors (Lipinski definition) is 9. The summed E-state index contributed by atoms with van der Waals surface area (Å²) < 4.78 is 65.8. The molecule has 0 bridgehead atoms. The average molecular weight is 681 g/mol. The van der Waals surface area contributed by atoms with Gasteiger partial charge in [-0.2, -0.15) is 13.2 Å². The fourth-order valence-electron chi connectivity index (χ4n) is 5.25. The molecule has 3 unspecified atom stereocenters. The van der Waals surface area contributed by atoms with E-state index in [1.807, 2.05) is 0 Å². The van der Waals surface area contributed by atoms with Crippen LogP contribution >= 0.6 is 34.4 Å². The van der Waals surface area contributed by atoms with Gasteiger partial charge in [0.1, 0.15) is 11.8 Å². The van der Waals surface area contributed by atoms with Gasteiger partial charge in [-0.1, -0.05) is 41.3 Å². The number of sulfonamides is 1. The number of aromatic nitrogens is 1. The summed E-state index contributed by atoms with van der Waals surface area (Å²) in [5, 5.41) is 8.53. The maximum Gasteiger partial charge on any atom is 0.418 e. The van der Waals surface area contributed by atoms with Gasteiger partial charge in [-0.15, -0.1) is 11.3 Å². The van der Waals surface area contributed by atoms with E-state index in [0.29, 0.717) is 14.7 Å². The van der Waals surface area contributed by atoms with E-state index in [4.69, 9.17) is 5.14 Å². The summed E-state index contributed by atoms with van der Waals surface area (Å²) in [7, 11) is -3.95. The van der Waals surface area contributed by atoms with Crippen molar-refractivity contribution in [2.24, 2.45) is 11.1 Å². The number of hydrogen-bond donors (Lipinski definition) is 2. The van der Waals surface area contributed by atoms with Crippen LogP contribution in [0.3, 0.4) is 0 Å². The number of amides is 3. The minimum absolute atomic E-state index is 0.160. The molecule has 6 rings (SSSR count). The van der Waals surface area contributed by atoms with Gasteiger partial charge >= 0.3 is 11.0 Å². The van der Waals surface area contributed by atoms with E-state index < -0.39 is 73.7 Å². The number of thiazole rings is 1. The first-order chi connectivity index (χ1) is 20.8. The van der Waals surface area contributed by atoms with Crippen LogP contribution in [0, 0.1) is 5.92 Å². The molecule has 1 fully saturated rings. The molecule has 0 saturated carbocycles. The Morgan fingerprint density at radius 1 is 0.977 bits per heavy atom. The van der Waals surface area contributed by atoms with Gasteiger partial charge < -0.3 is 5.32 Å². The van der Waals surface area contributed by atoms with Gasteiger partial charge in [0.2, 0.25) is 27.7 Å². The molecule has 2 aliphatic heterocycles. The molecular formula is C27H19F3N4O6S4. The quantitative estimate of drug-likeness (QED) is 0.292. The molecule has 17 heteroatoms. The number of thioether (sulfide) groups is 1. The van der Waals surface area contributed by atoms with E-state index >= 15 is 0 Å². The van der Waals surface area contributed by atoms with Crippen LogP contribution < -0.4 is 20.2 Å². The minimum Gasteiger partial charge on any atom is -0.325 e. The van der Waals surface area contributed by atoms with E-state index in [1.54, 1.807) is 17.5 Å². The summed E-state index contributed by atoms with van der Waals surface area (Å²) >= 11 is 2.96. The second-order valence-corrected chi connectivity index (χ2v) is 14.5. The summed E-state index contributed by atoms with van der Waals surface area (Å²) in [5.74, 6) is -4.18. The predicted octanol–water partition coefficient (Wildman–Crippen LogP) is 4.07. The van der Waals surface area contributed by atoms with Crippen molar-refractivity contribution < 1.29 is 36.0 Å². The third kappa shape index (κ3) is 5.27. The zero-order chi connectivity index (χ0) is 31.6. The van der Waals surface area contributed by atoms with Crippen LogP contribution in [0.5, 0.6) is 0 Å². The highest BCUT2D eigenvalue weighted by Gasteiger charge is 2.58. The lowest BCUT2D eigenvalue weighted by atomic mass is 9.87. The molecule has 3 N–H and O–H groups in total. The first kappa shape index (κ1) is 30.3. The number of nitrogens with zero attached hydrogens (tertiary/aromatic N) is 2. The van der Waals surface area contributed by atoms with Crippen molar-refractivity contribution in [3.63, 3.8) is 0 Å². The SMILES string of the molecule is NS(=O)(=O)c1ccc(NC(=O)Cn2c3c(sc2=O)C(c2cccs2)C2C(=O)N(c4ccccc4C(F)(F)F)C(=O)C2S3)cc1. The lowest BCUT2D eigenvalue weighted by molar-refractivity contribution is -0.137. The van der Waals surface area contributed by atoms with Crippen molar-refractivity contribution in [2.45, 2.75) is 33.8 Å². The number of primary sulfonamides is 1. The normalized spacial score (nSPS) is 20.0. The number of fused-ring (bicyclic) bond motifs is 2. The second-order valence-electron chi connectivity index (χ2n) is 9.83. The molecule has 0 aliphatic carbocycles. The van der Waals surface area contributed by atoms with E-state index in [2.05, 4.69) is 5.32 Å². The van der Waals surface area contributed by atoms with Crippen LogP contribution in [-0.2, 0) is 37.1 Å². The topological polar surface area (TPSA) is 149 Å². The molecule has 1 saturated heterocycles. The molecule has 44 heavy (non-hydrogen) atoms. The smallest absolute Gasteiger partial charge is 0.325 e. The maximum absolute atomic E-state index is 13.9. The highest BCUT2D eigenvalue weighted by atomic mass is 32.2. The molecule has 228 valence electrons. The number of rotatable bonds is 6. The largest absolute Gasteiger partial charge is 0.418 e. The zero-order valence-corrected chi connectivity index (χ0v) is 25.2. The number of benzene rings is 2. The molecule has 4 aromatic rings. The Hall–Kier alpha value is -3.77. The van der Waals surface area contributed by atoms with Crippen molar-refractivity contribution >= 4 is 73.6 Å². The van der Waals surface area contributed by atoms with Crippen LogP contribution in [-0.4, -0.2) is 36.0 Å². The molecule has 0 radical (unpaired) electrons. The number of anilines is 2. The summed E-state index contributed by atoms with van der Waals surface area (Å²) in [6.45, 7) is -0.480. The van der Waals surface area contributed by atoms with Gasteiger partial charge in [0.05, 0.1) is 27.1 Å². The monoisotopic (exact) mass is 680 g/mol. The number of nitrogens with two attached hydrogens (primary N) is 1. The Labute approximate surface area is 259 Å². The molecule has 2 aromatic carbocycles. The lowest BCUT2D eigenvalue weighted by Crippen LogP contribution is -2.33. The van der Waals surface area contributed by atoms with Gasteiger partial charge in [-0.3, -0.25) is 23.7 Å². The van der Waals surface area contributed by atoms with Crippen molar-refractivity contribution in [3.05, 3.63) is 91.0 Å². The standard InChI is InChI=1S/C27H19F3N4O6S4/c28-27(29,30)15-4-1-2-5-16(15)34-23(36)20-19(17-6-3-11-41-17)22-25(42-21(20)24(34)37)33(26(38)43-22)12-18(35)32-13-7-9-14(10-8-13)44(31,39)40/h1-11,19-21H,12H2,(H,32,35)(H2,31,39,40). The van der Waals surface area contributed by atoms with Crippen LogP contribution in [0.4, 0.5) is 24.5 Å². The maximum atomic E-state index is 13.9. The summed E-state index contributed by atoms with van der Waals surface area (Å²) in [6, 6.07) is 12.9. The summed E-state index contributed by atoms with van der Waals surface area (Å²) in [4.78, 5) is 54.7. The summed E-state index contributed by atoms with van der Waals surface area (Å²) in [5.41, 5.74) is -1.46. The fraction of sp³-hybridized carbons (Fsp3) is 0.185. The first-order valence-electron chi connectivity index (χ1n) is 12.7. The molecule has 10 nitrogen and oxygen atoms in total. The molecule has 0 spiro atoms. The Kier molecular flexibility index (Phi) is 7.56. The van der Waals surface area contributed by atoms with E-state index in [-0.39, 0.29) is 15.6 Å². The fourth-order valence-corrected chi connectivity index (χ4v) is 9.48. The Morgan fingerprint density at radius 3 is 2.32 bits per heavy atom. The van der Waals surface area contributed by atoms with Gasteiger partial charge in [-0.25, -0.2) is 18.5 Å². The molecule has 4 heterocycles. The Morgan fingerprint density at radius 2 is 1.68 bits per heavy atom. The van der Waals surface area contributed by atoms with Gasteiger partial charge in [0.15, 0.2) is 0 Å². The number of carbonyl (C=O) groups is 3. The van der Waals surface area contributed by atoms with E-state index in [0.717, 1.165) is 35.2 Å². The predicted molar refractivity (Wildman–Crippen MR) is 158 cm³/mol. The lowest BCUT2D eigenvalue weighted by Gasteiger charge is -2.29. The third-order valence-electron chi connectivity index (χ3n) is 7.12. The van der Waals surface area contributed by atoms with E-state index in [9.17, 15) is 40.8 Å². The molecule has 2 aromatic heterocycles. The molecule has 2 aliphatic rings.